The molecule has 0 aliphatic carbocycles. The van der Waals surface area contributed by atoms with E-state index in [0.717, 1.165) is 11.3 Å². The Morgan fingerprint density at radius 3 is 2.68 bits per heavy atom. The van der Waals surface area contributed by atoms with Gasteiger partial charge in [0, 0.05) is 47.2 Å². The molecule has 2 fully saturated rings. The zero-order chi connectivity index (χ0) is 25.9. The number of rotatable bonds is 11. The minimum absolute atomic E-state index is 0. The predicted octanol–water partition coefficient (Wildman–Crippen LogP) is -3.58. The molecule has 2 unspecified atom stereocenters. The van der Waals surface area contributed by atoms with Gasteiger partial charge in [0.05, 0.1) is 12.4 Å². The fourth-order valence-corrected chi connectivity index (χ4v) is 8.86. The molecule has 2 N–H and O–H groups in total. The number of aromatic amines is 1. The molecule has 2 amide bonds. The van der Waals surface area contributed by atoms with Crippen molar-refractivity contribution in [3.8, 4) is 0 Å². The first-order valence-electron chi connectivity index (χ1n) is 10.5. The van der Waals surface area contributed by atoms with Gasteiger partial charge >= 0.3 is 40.4 Å². The number of nitrogens with zero attached hydrogens (tertiary/aromatic N) is 3. The van der Waals surface area contributed by atoms with Gasteiger partial charge in [-0.1, -0.05) is 46.2 Å². The molecule has 2 saturated heterocycles. The number of aromatic nitrogens is 3. The molecule has 0 aromatic carbocycles. The molecular weight excluding hydrogens is 594 g/mol. The van der Waals surface area contributed by atoms with Gasteiger partial charge < -0.3 is 29.8 Å². The molecule has 0 saturated carbocycles. The van der Waals surface area contributed by atoms with Crippen molar-refractivity contribution >= 4 is 81.7 Å². The maximum absolute atomic E-state index is 12.7. The van der Waals surface area contributed by atoms with Crippen molar-refractivity contribution in [1.82, 2.24) is 25.4 Å². The second kappa shape index (κ2) is 13.3. The number of hydrogen-bond acceptors (Lipinski definition) is 14. The first-order chi connectivity index (χ1) is 17.2. The van der Waals surface area contributed by atoms with Crippen LogP contribution in [0.4, 0.5) is 0 Å². The Balaban J connectivity index is 0.00000380. The number of amides is 2. The topological polar surface area (TPSA) is 174 Å². The van der Waals surface area contributed by atoms with E-state index in [1.165, 1.54) is 58.4 Å². The van der Waals surface area contributed by atoms with Crippen LogP contribution in [0.1, 0.15) is 12.6 Å². The summed E-state index contributed by atoms with van der Waals surface area (Å²) >= 11 is 6.18. The van der Waals surface area contributed by atoms with Crippen molar-refractivity contribution in [2.45, 2.75) is 33.4 Å². The van der Waals surface area contributed by atoms with Crippen LogP contribution in [0, 0.1) is 5.41 Å². The van der Waals surface area contributed by atoms with Crippen molar-refractivity contribution in [1.29, 1.82) is 0 Å². The number of thioether (sulfide) groups is 3. The van der Waals surface area contributed by atoms with E-state index in [2.05, 4.69) is 20.5 Å². The van der Waals surface area contributed by atoms with Crippen molar-refractivity contribution in [2.75, 3.05) is 30.4 Å². The Labute approximate surface area is 253 Å². The summed E-state index contributed by atoms with van der Waals surface area (Å²) in [5.74, 6) is -1.46. The van der Waals surface area contributed by atoms with Gasteiger partial charge in [-0.25, -0.2) is 0 Å². The first-order valence-corrected chi connectivity index (χ1v) is 15.2. The Hall–Kier alpha value is -1.08. The maximum atomic E-state index is 12.7. The van der Waals surface area contributed by atoms with E-state index >= 15 is 0 Å². The number of carboxylic acids is 1. The van der Waals surface area contributed by atoms with E-state index < -0.39 is 23.3 Å². The van der Waals surface area contributed by atoms with Gasteiger partial charge in [0.2, 0.25) is 11.8 Å². The molecule has 4 rings (SSSR count). The number of nitrogens with one attached hydrogen (secondary N) is 2. The van der Waals surface area contributed by atoms with Gasteiger partial charge in [-0.3, -0.25) is 19.2 Å². The van der Waals surface area contributed by atoms with Crippen LogP contribution in [0.2, 0.25) is 0 Å². The molecule has 0 radical (unpaired) electrons. The third-order valence-corrected chi connectivity index (χ3v) is 11.0. The summed E-state index contributed by atoms with van der Waals surface area (Å²) in [4.78, 5) is 62.9. The number of esters is 1. The van der Waals surface area contributed by atoms with Gasteiger partial charge in [0.25, 0.3) is 0 Å². The van der Waals surface area contributed by atoms with Gasteiger partial charge in [-0.05, 0) is 0 Å². The normalized spacial score (nSPS) is 22.4. The number of carbonyl (C=O) groups is 4. The van der Waals surface area contributed by atoms with Crippen LogP contribution in [0.3, 0.4) is 0 Å². The number of β-lactam (4-membered cyclic amide) rings is 1. The minimum atomic E-state index is -1.28. The number of carboxylic acid groups (broad SMARTS) is 1. The smallest absolute Gasteiger partial charge is 0.549 e. The van der Waals surface area contributed by atoms with Crippen LogP contribution in [0.15, 0.2) is 18.9 Å². The predicted molar refractivity (Wildman–Crippen MR) is 134 cm³/mol. The van der Waals surface area contributed by atoms with E-state index in [0.29, 0.717) is 20.1 Å². The Bertz CT molecular complexity index is 1220. The molecule has 0 spiro atoms. The summed E-state index contributed by atoms with van der Waals surface area (Å²) in [6, 6.07) is -0.741. The minimum Gasteiger partial charge on any atom is -0.549 e. The third kappa shape index (κ3) is 7.52. The number of H-pyrrole nitrogens is 1. The van der Waals surface area contributed by atoms with E-state index in [4.69, 9.17) is 4.74 Å². The van der Waals surface area contributed by atoms with E-state index in [1.54, 1.807) is 5.38 Å². The molecule has 194 valence electrons. The molecular formula is C19H20N5NaO7S5. The van der Waals surface area contributed by atoms with Gasteiger partial charge in [-0.15, -0.1) is 22.0 Å². The summed E-state index contributed by atoms with van der Waals surface area (Å²) in [6.45, 7) is 1.57. The van der Waals surface area contributed by atoms with Gasteiger partial charge in [-0.2, -0.15) is 0 Å². The Kier molecular flexibility index (Phi) is 11.0. The molecule has 2 aromatic rings. The van der Waals surface area contributed by atoms with Crippen molar-refractivity contribution in [3.05, 3.63) is 20.7 Å². The standard InChI is InChI=1S/C19H21N5O7S5.Na/c1-9(25)31-2-3-32-17-22-23-18(36-17)35-8-19(15(28)29)6-24-13(27)12(14(24)34-7-19)21-11(26)4-10-5-33-16(30)20-10;/h5,12,14H,2-4,6-8H2,1H3,(H,20,30)(H,21,26)(H,28,29);/q;+1/p-1/t12?,14-,19?;/m1./s1. The monoisotopic (exact) mass is 613 g/mol. The molecule has 4 heterocycles. The SMILES string of the molecule is CC(=O)OCCSc1nnc(SCC2(C(=O)[O-])CS[C@@H]3C(NC(=O)Cc4csc(=O)[nH]4)C(=O)N3C2)s1.[Na+]. The number of carbonyl (C=O) groups excluding carboxylic acids is 4. The average molecular weight is 614 g/mol. The Morgan fingerprint density at radius 1 is 1.30 bits per heavy atom. The summed E-state index contributed by atoms with van der Waals surface area (Å²) in [5.41, 5.74) is -0.806. The van der Waals surface area contributed by atoms with Crippen molar-refractivity contribution < 1.29 is 58.6 Å². The molecule has 2 aliphatic heterocycles. The van der Waals surface area contributed by atoms with Gasteiger partial charge in [0.15, 0.2) is 8.68 Å². The number of thiazole rings is 1. The third-order valence-electron chi connectivity index (χ3n) is 5.29. The van der Waals surface area contributed by atoms with Gasteiger partial charge in [0.1, 0.15) is 18.0 Å². The summed E-state index contributed by atoms with van der Waals surface area (Å²) < 4.78 is 6.14. The largest absolute Gasteiger partial charge is 1.00 e. The zero-order valence-corrected chi connectivity index (χ0v) is 25.8. The van der Waals surface area contributed by atoms with Crippen LogP contribution >= 0.6 is 58.0 Å². The van der Waals surface area contributed by atoms with E-state index in [1.807, 2.05) is 0 Å². The quantitative estimate of drug-likeness (QED) is 0.0840. The average Bonchev–Trinajstić information content (AvgIpc) is 3.46. The number of fused-ring (bicyclic) bond motifs is 1. The summed E-state index contributed by atoms with van der Waals surface area (Å²) in [6.07, 6.45) is -0.0502. The van der Waals surface area contributed by atoms with Crippen molar-refractivity contribution in [2.24, 2.45) is 5.41 Å². The number of hydrogen-bond donors (Lipinski definition) is 2. The van der Waals surface area contributed by atoms with Crippen LogP contribution in [-0.4, -0.2) is 85.7 Å². The van der Waals surface area contributed by atoms with Crippen LogP contribution < -0.4 is 44.9 Å². The second-order valence-corrected chi connectivity index (χ2v) is 13.4. The molecule has 2 aliphatic rings. The van der Waals surface area contributed by atoms with Crippen LogP contribution in [0.25, 0.3) is 0 Å². The fraction of sp³-hybridized carbons (Fsp3) is 0.526. The van der Waals surface area contributed by atoms with Crippen molar-refractivity contribution in [3.63, 3.8) is 0 Å². The maximum Gasteiger partial charge on any atom is 1.00 e. The van der Waals surface area contributed by atoms with Crippen LogP contribution in [0.5, 0.6) is 0 Å². The zero-order valence-electron chi connectivity index (χ0n) is 19.7. The number of aliphatic carboxylic acids is 1. The molecule has 12 nitrogen and oxygen atoms in total. The first kappa shape index (κ1) is 30.5. The Morgan fingerprint density at radius 2 is 2.03 bits per heavy atom. The van der Waals surface area contributed by atoms with E-state index in [-0.39, 0.29) is 82.8 Å². The molecule has 0 bridgehead atoms. The summed E-state index contributed by atoms with van der Waals surface area (Å²) in [5, 5.41) is 24.2. The van der Waals surface area contributed by atoms with E-state index in [9.17, 15) is 29.1 Å². The fourth-order valence-electron chi connectivity index (χ4n) is 3.52. The number of ether oxygens (including phenoxy) is 1. The second-order valence-electron chi connectivity index (χ2n) is 7.94. The van der Waals surface area contributed by atoms with Crippen LogP contribution in [-0.2, 0) is 30.3 Å². The molecule has 37 heavy (non-hydrogen) atoms. The summed E-state index contributed by atoms with van der Waals surface area (Å²) in [7, 11) is 0. The molecule has 3 atom stereocenters. The molecule has 2 aromatic heterocycles. The molecule has 18 heteroatoms.